The monoisotopic (exact) mass is 284 g/mol. The maximum Gasteiger partial charge on any atom is 0.134 e. The van der Waals surface area contributed by atoms with Crippen molar-refractivity contribution < 1.29 is 0 Å². The summed E-state index contributed by atoms with van der Waals surface area (Å²) in [7, 11) is 2.03. The number of hydrogen-bond donors (Lipinski definition) is 1. The summed E-state index contributed by atoms with van der Waals surface area (Å²) in [4.78, 5) is 2.42. The fourth-order valence-electron chi connectivity index (χ4n) is 3.41. The van der Waals surface area contributed by atoms with E-state index >= 15 is 0 Å². The highest BCUT2D eigenvalue weighted by atomic mass is 15.4. The zero-order chi connectivity index (χ0) is 15.0. The second-order valence-corrected chi connectivity index (χ2v) is 5.94. The molecule has 0 aliphatic carbocycles. The molecule has 0 spiro atoms. The van der Waals surface area contributed by atoms with Crippen molar-refractivity contribution in [1.82, 2.24) is 9.78 Å². The quantitative estimate of drug-likeness (QED) is 0.942. The van der Waals surface area contributed by atoms with Crippen molar-refractivity contribution >= 4 is 11.5 Å². The molecular weight excluding hydrogens is 260 g/mol. The number of nitrogens with two attached hydrogens (primary N) is 1. The molecule has 1 aliphatic rings. The molecule has 1 aromatic heterocycles. The number of aromatic nitrogens is 2. The van der Waals surface area contributed by atoms with Gasteiger partial charge >= 0.3 is 0 Å². The van der Waals surface area contributed by atoms with Gasteiger partial charge in [-0.2, -0.15) is 5.10 Å². The van der Waals surface area contributed by atoms with Crippen molar-refractivity contribution in [2.75, 3.05) is 18.0 Å². The van der Waals surface area contributed by atoms with E-state index in [4.69, 9.17) is 5.73 Å². The average Bonchev–Trinajstić information content (AvgIpc) is 2.73. The van der Waals surface area contributed by atoms with Crippen LogP contribution in [0.1, 0.15) is 28.8 Å². The smallest absolute Gasteiger partial charge is 0.134 e. The molecular formula is C17H24N4. The van der Waals surface area contributed by atoms with Gasteiger partial charge in [0.15, 0.2) is 0 Å². The van der Waals surface area contributed by atoms with Gasteiger partial charge in [0.05, 0.1) is 5.69 Å². The number of anilines is 2. The second-order valence-electron chi connectivity index (χ2n) is 5.94. The Hall–Kier alpha value is -1.81. The van der Waals surface area contributed by atoms with Crippen molar-refractivity contribution in [1.29, 1.82) is 0 Å². The molecule has 112 valence electrons. The van der Waals surface area contributed by atoms with E-state index in [1.807, 2.05) is 11.7 Å². The Morgan fingerprint density at radius 2 is 2.10 bits per heavy atom. The van der Waals surface area contributed by atoms with Crippen LogP contribution in [0.15, 0.2) is 18.2 Å². The summed E-state index contributed by atoms with van der Waals surface area (Å²) in [5, 5.41) is 4.61. The molecule has 21 heavy (non-hydrogen) atoms. The Labute approximate surface area is 126 Å². The van der Waals surface area contributed by atoms with E-state index in [0.717, 1.165) is 25.1 Å². The maximum absolute atomic E-state index is 5.80. The third-order valence-corrected chi connectivity index (χ3v) is 4.32. The molecule has 4 nitrogen and oxygen atoms in total. The van der Waals surface area contributed by atoms with Crippen LogP contribution in [-0.2, 0) is 19.9 Å². The van der Waals surface area contributed by atoms with Crippen molar-refractivity contribution in [3.63, 3.8) is 0 Å². The highest BCUT2D eigenvalue weighted by Gasteiger charge is 2.24. The summed E-state index contributed by atoms with van der Waals surface area (Å²) in [6.07, 6.45) is 3.23. The minimum atomic E-state index is 0.661. The Kier molecular flexibility index (Phi) is 3.72. The van der Waals surface area contributed by atoms with E-state index in [1.54, 1.807) is 0 Å². The van der Waals surface area contributed by atoms with Gasteiger partial charge in [-0.25, -0.2) is 0 Å². The van der Waals surface area contributed by atoms with Crippen LogP contribution < -0.4 is 10.6 Å². The number of nitrogens with zero attached hydrogens (tertiary/aromatic N) is 3. The molecule has 2 heterocycles. The first kappa shape index (κ1) is 14.1. The molecule has 1 aromatic carbocycles. The molecule has 3 rings (SSSR count). The number of aryl methyl sites for hydroxylation is 4. The molecule has 4 heteroatoms. The third kappa shape index (κ3) is 2.44. The molecule has 0 saturated heterocycles. The zero-order valence-corrected chi connectivity index (χ0v) is 13.2. The summed E-state index contributed by atoms with van der Waals surface area (Å²) >= 11 is 0. The molecule has 0 fully saturated rings. The van der Waals surface area contributed by atoms with Crippen molar-refractivity contribution in [2.24, 2.45) is 12.8 Å². The second kappa shape index (κ2) is 5.53. The summed E-state index contributed by atoms with van der Waals surface area (Å²) in [5.74, 6) is 1.21. The van der Waals surface area contributed by atoms with E-state index < -0.39 is 0 Å². The Morgan fingerprint density at radius 1 is 1.29 bits per heavy atom. The standard InChI is InChI=1S/C17H24N4/c1-12-6-7-16-14(11-12)5-4-10-21(16)17-15(8-9-18)13(2)19-20(17)3/h6-7,11H,4-5,8-10,18H2,1-3H3. The fraction of sp³-hybridized carbons (Fsp3) is 0.471. The van der Waals surface area contributed by atoms with E-state index in [9.17, 15) is 0 Å². The van der Waals surface area contributed by atoms with E-state index in [2.05, 4.69) is 42.0 Å². The first-order valence-corrected chi connectivity index (χ1v) is 7.71. The lowest BCUT2D eigenvalue weighted by Gasteiger charge is -2.32. The van der Waals surface area contributed by atoms with Gasteiger partial charge < -0.3 is 10.6 Å². The normalized spacial score (nSPS) is 14.4. The highest BCUT2D eigenvalue weighted by molar-refractivity contribution is 5.69. The molecule has 2 N–H and O–H groups in total. The van der Waals surface area contributed by atoms with Crippen LogP contribution in [0.3, 0.4) is 0 Å². The third-order valence-electron chi connectivity index (χ3n) is 4.32. The van der Waals surface area contributed by atoms with Crippen LogP contribution >= 0.6 is 0 Å². The largest absolute Gasteiger partial charge is 0.330 e. The van der Waals surface area contributed by atoms with E-state index in [1.165, 1.54) is 34.6 Å². The van der Waals surface area contributed by atoms with Crippen molar-refractivity contribution in [2.45, 2.75) is 33.1 Å². The maximum atomic E-state index is 5.80. The minimum absolute atomic E-state index is 0.661. The molecule has 0 unspecified atom stereocenters. The summed E-state index contributed by atoms with van der Waals surface area (Å²) in [6.45, 7) is 5.95. The number of rotatable bonds is 3. The SMILES string of the molecule is Cc1ccc2c(c1)CCCN2c1c(CCN)c(C)nn1C. The van der Waals surface area contributed by atoms with Gasteiger partial charge in [-0.1, -0.05) is 17.7 Å². The lowest BCUT2D eigenvalue weighted by Crippen LogP contribution is -2.27. The first-order valence-electron chi connectivity index (χ1n) is 7.71. The van der Waals surface area contributed by atoms with E-state index in [0.29, 0.717) is 6.54 Å². The van der Waals surface area contributed by atoms with Gasteiger partial charge in [-0.3, -0.25) is 4.68 Å². The Balaban J connectivity index is 2.11. The summed E-state index contributed by atoms with van der Waals surface area (Å²) < 4.78 is 2.01. The van der Waals surface area contributed by atoms with Crippen LogP contribution in [0, 0.1) is 13.8 Å². The molecule has 0 amide bonds. The molecule has 1 aliphatic heterocycles. The van der Waals surface area contributed by atoms with Crippen molar-refractivity contribution in [3.05, 3.63) is 40.6 Å². The lowest BCUT2D eigenvalue weighted by atomic mass is 9.99. The number of fused-ring (bicyclic) bond motifs is 1. The van der Waals surface area contributed by atoms with Gasteiger partial charge in [-0.15, -0.1) is 0 Å². The topological polar surface area (TPSA) is 47.1 Å². The van der Waals surface area contributed by atoms with E-state index in [-0.39, 0.29) is 0 Å². The molecule has 0 saturated carbocycles. The predicted molar refractivity (Wildman–Crippen MR) is 87.2 cm³/mol. The van der Waals surface area contributed by atoms with Gasteiger partial charge in [0, 0.05) is 24.8 Å². The number of benzene rings is 1. The Bertz CT molecular complexity index is 657. The predicted octanol–water partition coefficient (Wildman–Crippen LogP) is 2.62. The van der Waals surface area contributed by atoms with Crippen LogP contribution in [0.5, 0.6) is 0 Å². The first-order chi connectivity index (χ1) is 10.1. The summed E-state index contributed by atoms with van der Waals surface area (Å²) in [5.41, 5.74) is 12.3. The lowest BCUT2D eigenvalue weighted by molar-refractivity contribution is 0.701. The van der Waals surface area contributed by atoms with Crippen LogP contribution in [0.4, 0.5) is 11.5 Å². The minimum Gasteiger partial charge on any atom is -0.330 e. The van der Waals surface area contributed by atoms with Gasteiger partial charge in [-0.05, 0) is 51.3 Å². The van der Waals surface area contributed by atoms with Gasteiger partial charge in [0.1, 0.15) is 5.82 Å². The molecule has 2 aromatic rings. The van der Waals surface area contributed by atoms with Gasteiger partial charge in [0.25, 0.3) is 0 Å². The van der Waals surface area contributed by atoms with Crippen LogP contribution in [0.25, 0.3) is 0 Å². The molecule has 0 bridgehead atoms. The summed E-state index contributed by atoms with van der Waals surface area (Å²) in [6, 6.07) is 6.76. The zero-order valence-electron chi connectivity index (χ0n) is 13.2. The molecule has 0 atom stereocenters. The van der Waals surface area contributed by atoms with Crippen LogP contribution in [0.2, 0.25) is 0 Å². The highest BCUT2D eigenvalue weighted by Crippen LogP contribution is 2.36. The van der Waals surface area contributed by atoms with Crippen LogP contribution in [-0.4, -0.2) is 22.9 Å². The fourth-order valence-corrected chi connectivity index (χ4v) is 3.41. The average molecular weight is 284 g/mol. The van der Waals surface area contributed by atoms with Crippen molar-refractivity contribution in [3.8, 4) is 0 Å². The molecule has 0 radical (unpaired) electrons. The number of hydrogen-bond acceptors (Lipinski definition) is 3. The van der Waals surface area contributed by atoms with Gasteiger partial charge in [0.2, 0.25) is 0 Å². The Morgan fingerprint density at radius 3 is 2.86 bits per heavy atom.